The van der Waals surface area contributed by atoms with E-state index in [1.54, 1.807) is 0 Å². The number of aliphatic hydroxyl groups excluding tert-OH is 1. The molecule has 2 saturated carbocycles. The second kappa shape index (κ2) is 6.36. The lowest BCUT2D eigenvalue weighted by molar-refractivity contribution is 0.0253. The second-order valence-corrected chi connectivity index (χ2v) is 6.59. The van der Waals surface area contributed by atoms with Gasteiger partial charge in [-0.25, -0.2) is 0 Å². The average molecular weight is 255 g/mol. The summed E-state index contributed by atoms with van der Waals surface area (Å²) in [7, 11) is 0. The highest BCUT2D eigenvalue weighted by Gasteiger charge is 2.39. The maximum absolute atomic E-state index is 9.64. The summed E-state index contributed by atoms with van der Waals surface area (Å²) in [6.07, 6.45) is 8.91. The molecule has 0 amide bonds. The molecule has 106 valence electrons. The Bertz CT molecular complexity index is 251. The number of ether oxygens (including phenoxy) is 1. The van der Waals surface area contributed by atoms with Crippen LogP contribution in [-0.4, -0.2) is 36.0 Å². The summed E-state index contributed by atoms with van der Waals surface area (Å²) < 4.78 is 6.07. The van der Waals surface area contributed by atoms with Crippen molar-refractivity contribution in [2.45, 2.75) is 76.5 Å². The fraction of sp³-hybridized carbons (Fsp3) is 1.00. The topological polar surface area (TPSA) is 41.5 Å². The number of aliphatic hydroxyl groups is 1. The molecule has 2 N–H and O–H groups in total. The van der Waals surface area contributed by atoms with Crippen molar-refractivity contribution in [1.29, 1.82) is 0 Å². The highest BCUT2D eigenvalue weighted by atomic mass is 16.5. The Hall–Kier alpha value is -0.120. The normalized spacial score (nSPS) is 33.7. The van der Waals surface area contributed by atoms with Crippen molar-refractivity contribution in [3.8, 4) is 0 Å². The molecule has 2 rings (SSSR count). The van der Waals surface area contributed by atoms with E-state index in [9.17, 15) is 5.11 Å². The smallest absolute Gasteiger partial charge is 0.0614 e. The molecule has 3 nitrogen and oxygen atoms in total. The van der Waals surface area contributed by atoms with E-state index in [1.807, 2.05) is 0 Å². The minimum atomic E-state index is -0.0888. The van der Waals surface area contributed by atoms with E-state index in [0.29, 0.717) is 12.1 Å². The number of hydrogen-bond donors (Lipinski definition) is 2. The van der Waals surface area contributed by atoms with Gasteiger partial charge in [0.1, 0.15) is 0 Å². The highest BCUT2D eigenvalue weighted by molar-refractivity contribution is 4.97. The summed E-state index contributed by atoms with van der Waals surface area (Å²) in [5, 5.41) is 13.2. The Morgan fingerprint density at radius 1 is 1.28 bits per heavy atom. The monoisotopic (exact) mass is 255 g/mol. The SMILES string of the molecule is CC(C)NC1(CO)CCC(OCC2CCCC2)C1. The van der Waals surface area contributed by atoms with Crippen LogP contribution in [0.15, 0.2) is 0 Å². The van der Waals surface area contributed by atoms with Gasteiger partial charge in [0.25, 0.3) is 0 Å². The first-order chi connectivity index (χ1) is 8.63. The molecule has 2 atom stereocenters. The van der Waals surface area contributed by atoms with Crippen LogP contribution in [-0.2, 0) is 4.74 Å². The molecule has 3 heteroatoms. The molecule has 0 aromatic rings. The Balaban J connectivity index is 1.75. The largest absolute Gasteiger partial charge is 0.394 e. The minimum Gasteiger partial charge on any atom is -0.394 e. The molecule has 0 aliphatic heterocycles. The third-order valence-electron chi connectivity index (χ3n) is 4.50. The van der Waals surface area contributed by atoms with E-state index in [0.717, 1.165) is 31.8 Å². The van der Waals surface area contributed by atoms with Crippen molar-refractivity contribution >= 4 is 0 Å². The van der Waals surface area contributed by atoms with E-state index < -0.39 is 0 Å². The second-order valence-electron chi connectivity index (χ2n) is 6.59. The third kappa shape index (κ3) is 3.69. The molecule has 0 saturated heterocycles. The van der Waals surface area contributed by atoms with Crippen LogP contribution in [0.1, 0.15) is 58.8 Å². The molecule has 0 aromatic heterocycles. The van der Waals surface area contributed by atoms with Crippen molar-refractivity contribution in [1.82, 2.24) is 5.32 Å². The quantitative estimate of drug-likeness (QED) is 0.766. The molecule has 0 radical (unpaired) electrons. The van der Waals surface area contributed by atoms with Crippen molar-refractivity contribution < 1.29 is 9.84 Å². The molecule has 2 aliphatic carbocycles. The van der Waals surface area contributed by atoms with Crippen LogP contribution in [0.5, 0.6) is 0 Å². The zero-order chi connectivity index (χ0) is 13.0. The summed E-state index contributed by atoms with van der Waals surface area (Å²) in [6, 6.07) is 0.422. The van der Waals surface area contributed by atoms with E-state index in [4.69, 9.17) is 4.74 Å². The predicted octanol–water partition coefficient (Wildman–Crippen LogP) is 2.47. The highest BCUT2D eigenvalue weighted by Crippen LogP contribution is 2.33. The number of hydrogen-bond acceptors (Lipinski definition) is 3. The van der Waals surface area contributed by atoms with E-state index in [1.165, 1.54) is 25.7 Å². The Labute approximate surface area is 111 Å². The minimum absolute atomic E-state index is 0.0888. The predicted molar refractivity (Wildman–Crippen MR) is 73.6 cm³/mol. The lowest BCUT2D eigenvalue weighted by Gasteiger charge is -2.31. The standard InChI is InChI=1S/C15H29NO2/c1-12(2)16-15(11-17)8-7-14(9-15)18-10-13-5-3-4-6-13/h12-14,16-17H,3-11H2,1-2H3. The number of rotatable bonds is 6. The maximum atomic E-state index is 9.64. The van der Waals surface area contributed by atoms with Crippen LogP contribution >= 0.6 is 0 Å². The van der Waals surface area contributed by atoms with Crippen LogP contribution in [0.4, 0.5) is 0 Å². The van der Waals surface area contributed by atoms with Gasteiger partial charge >= 0.3 is 0 Å². The fourth-order valence-corrected chi connectivity index (χ4v) is 3.60. The van der Waals surface area contributed by atoms with Gasteiger partial charge in [0, 0.05) is 18.2 Å². The Kier molecular flexibility index (Phi) is 5.05. The van der Waals surface area contributed by atoms with Crippen LogP contribution < -0.4 is 5.32 Å². The van der Waals surface area contributed by atoms with Crippen LogP contribution in [0.25, 0.3) is 0 Å². The molecule has 2 unspecified atom stereocenters. The van der Waals surface area contributed by atoms with Gasteiger partial charge in [-0.05, 0) is 38.0 Å². The van der Waals surface area contributed by atoms with Crippen LogP contribution in [0.2, 0.25) is 0 Å². The first-order valence-corrected chi connectivity index (χ1v) is 7.64. The molecule has 0 heterocycles. The Morgan fingerprint density at radius 3 is 2.61 bits per heavy atom. The van der Waals surface area contributed by atoms with Gasteiger partial charge in [-0.1, -0.05) is 26.7 Å². The van der Waals surface area contributed by atoms with Gasteiger partial charge in [0.05, 0.1) is 12.7 Å². The third-order valence-corrected chi connectivity index (χ3v) is 4.50. The van der Waals surface area contributed by atoms with Crippen molar-refractivity contribution in [3.63, 3.8) is 0 Å². The zero-order valence-electron chi connectivity index (χ0n) is 12.0. The molecule has 0 aromatic carbocycles. The zero-order valence-corrected chi connectivity index (χ0v) is 12.0. The van der Waals surface area contributed by atoms with Gasteiger partial charge in [-0.3, -0.25) is 0 Å². The molecule has 0 bridgehead atoms. The fourth-order valence-electron chi connectivity index (χ4n) is 3.60. The van der Waals surface area contributed by atoms with E-state index in [2.05, 4.69) is 19.2 Å². The molecule has 18 heavy (non-hydrogen) atoms. The summed E-state index contributed by atoms with van der Waals surface area (Å²) in [5.41, 5.74) is -0.0888. The summed E-state index contributed by atoms with van der Waals surface area (Å²) in [6.45, 7) is 5.45. The average Bonchev–Trinajstić information content (AvgIpc) is 2.95. The molecular weight excluding hydrogens is 226 g/mol. The summed E-state index contributed by atoms with van der Waals surface area (Å²) in [4.78, 5) is 0. The van der Waals surface area contributed by atoms with Crippen LogP contribution in [0, 0.1) is 5.92 Å². The molecule has 2 fully saturated rings. The first kappa shape index (κ1) is 14.3. The number of nitrogens with one attached hydrogen (secondary N) is 1. The molecular formula is C15H29NO2. The van der Waals surface area contributed by atoms with Gasteiger partial charge in [0.15, 0.2) is 0 Å². The lowest BCUT2D eigenvalue weighted by Crippen LogP contribution is -2.50. The van der Waals surface area contributed by atoms with Crippen molar-refractivity contribution in [2.24, 2.45) is 5.92 Å². The van der Waals surface area contributed by atoms with E-state index >= 15 is 0 Å². The van der Waals surface area contributed by atoms with Gasteiger partial charge in [-0.2, -0.15) is 0 Å². The van der Waals surface area contributed by atoms with E-state index in [-0.39, 0.29) is 12.1 Å². The summed E-state index contributed by atoms with van der Waals surface area (Å²) >= 11 is 0. The lowest BCUT2D eigenvalue weighted by atomic mass is 9.97. The van der Waals surface area contributed by atoms with Crippen LogP contribution in [0.3, 0.4) is 0 Å². The van der Waals surface area contributed by atoms with Gasteiger partial charge < -0.3 is 15.2 Å². The molecule has 0 spiro atoms. The summed E-state index contributed by atoms with van der Waals surface area (Å²) in [5.74, 6) is 0.798. The van der Waals surface area contributed by atoms with Crippen molar-refractivity contribution in [3.05, 3.63) is 0 Å². The van der Waals surface area contributed by atoms with Gasteiger partial charge in [-0.15, -0.1) is 0 Å². The Morgan fingerprint density at radius 2 is 2.00 bits per heavy atom. The van der Waals surface area contributed by atoms with Gasteiger partial charge in [0.2, 0.25) is 0 Å². The molecule has 2 aliphatic rings. The first-order valence-electron chi connectivity index (χ1n) is 7.64. The maximum Gasteiger partial charge on any atom is 0.0614 e. The van der Waals surface area contributed by atoms with Crippen molar-refractivity contribution in [2.75, 3.05) is 13.2 Å².